The Morgan fingerprint density at radius 3 is 2.75 bits per heavy atom. The molecule has 16 heavy (non-hydrogen) atoms. The second-order valence-electron chi connectivity index (χ2n) is 3.69. The lowest BCUT2D eigenvalue weighted by Gasteiger charge is -2.14. The van der Waals surface area contributed by atoms with Gasteiger partial charge in [-0.25, -0.2) is 4.39 Å². The van der Waals surface area contributed by atoms with Crippen molar-refractivity contribution in [3.63, 3.8) is 0 Å². The Morgan fingerprint density at radius 2 is 2.19 bits per heavy atom. The maximum Gasteiger partial charge on any atom is 0.225 e. The van der Waals surface area contributed by atoms with Crippen LogP contribution in [0.4, 0.5) is 4.39 Å². The van der Waals surface area contributed by atoms with Gasteiger partial charge < -0.3 is 0 Å². The molecule has 1 atom stereocenters. The van der Waals surface area contributed by atoms with Crippen molar-refractivity contribution in [1.82, 2.24) is 14.8 Å². The van der Waals surface area contributed by atoms with Crippen molar-refractivity contribution in [2.24, 2.45) is 0 Å². The zero-order chi connectivity index (χ0) is 11.7. The molecule has 1 aromatic carbocycles. The molecule has 2 aromatic rings. The fourth-order valence-corrected chi connectivity index (χ4v) is 1.75. The summed E-state index contributed by atoms with van der Waals surface area (Å²) in [5.74, 6) is -0.214. The molecule has 3 nitrogen and oxygen atoms in total. The highest BCUT2D eigenvalue weighted by Crippen LogP contribution is 2.22. The Balaban J connectivity index is 2.38. The first-order chi connectivity index (χ1) is 7.59. The molecule has 0 bridgehead atoms. The van der Waals surface area contributed by atoms with Crippen LogP contribution in [0.25, 0.3) is 0 Å². The Bertz CT molecular complexity index is 510. The lowest BCUT2D eigenvalue weighted by Crippen LogP contribution is -2.06. The summed E-state index contributed by atoms with van der Waals surface area (Å²) < 4.78 is 15.1. The van der Waals surface area contributed by atoms with Crippen LogP contribution >= 0.6 is 11.6 Å². The fraction of sp³-hybridized carbons (Fsp3) is 0.273. The summed E-state index contributed by atoms with van der Waals surface area (Å²) in [6.45, 7) is 3.65. The first kappa shape index (κ1) is 11.1. The van der Waals surface area contributed by atoms with Crippen LogP contribution in [-0.2, 0) is 0 Å². The Kier molecular flexibility index (Phi) is 2.92. The molecule has 0 fully saturated rings. The highest BCUT2D eigenvalue weighted by atomic mass is 35.5. The van der Waals surface area contributed by atoms with Gasteiger partial charge in [0.25, 0.3) is 0 Å². The Labute approximate surface area is 97.9 Å². The van der Waals surface area contributed by atoms with Crippen molar-refractivity contribution in [3.8, 4) is 0 Å². The van der Waals surface area contributed by atoms with E-state index >= 15 is 0 Å². The molecule has 0 saturated carbocycles. The molecule has 84 valence electrons. The maximum absolute atomic E-state index is 13.4. The molecule has 2 rings (SSSR count). The average Bonchev–Trinajstić information content (AvgIpc) is 2.67. The van der Waals surface area contributed by atoms with E-state index in [-0.39, 0.29) is 11.9 Å². The number of aromatic nitrogens is 3. The lowest BCUT2D eigenvalue weighted by atomic mass is 10.1. The van der Waals surface area contributed by atoms with Crippen LogP contribution in [0.2, 0.25) is 5.28 Å². The predicted octanol–water partition coefficient (Wildman–Crippen LogP) is 2.99. The minimum atomic E-state index is -0.214. The van der Waals surface area contributed by atoms with E-state index in [0.29, 0.717) is 10.8 Å². The van der Waals surface area contributed by atoms with Gasteiger partial charge in [0.1, 0.15) is 12.1 Å². The van der Waals surface area contributed by atoms with Gasteiger partial charge in [-0.3, -0.25) is 4.57 Å². The summed E-state index contributed by atoms with van der Waals surface area (Å²) in [4.78, 5) is 0. The van der Waals surface area contributed by atoms with Crippen LogP contribution in [0.15, 0.2) is 24.5 Å². The molecule has 0 spiro atoms. The van der Waals surface area contributed by atoms with Gasteiger partial charge in [0.05, 0.1) is 6.04 Å². The molecule has 1 heterocycles. The van der Waals surface area contributed by atoms with Crippen LogP contribution in [-0.4, -0.2) is 14.8 Å². The van der Waals surface area contributed by atoms with E-state index in [2.05, 4.69) is 10.2 Å². The third-order valence-corrected chi connectivity index (χ3v) is 2.90. The van der Waals surface area contributed by atoms with E-state index in [1.54, 1.807) is 17.6 Å². The Hall–Kier alpha value is -1.42. The minimum absolute atomic E-state index is 0.0856. The van der Waals surface area contributed by atoms with Crippen molar-refractivity contribution < 1.29 is 4.39 Å². The van der Waals surface area contributed by atoms with Crippen LogP contribution in [0.3, 0.4) is 0 Å². The largest absolute Gasteiger partial charge is 0.297 e. The quantitative estimate of drug-likeness (QED) is 0.807. The van der Waals surface area contributed by atoms with Gasteiger partial charge in [0, 0.05) is 0 Å². The van der Waals surface area contributed by atoms with Crippen LogP contribution in [0.1, 0.15) is 24.1 Å². The van der Waals surface area contributed by atoms with E-state index in [4.69, 9.17) is 11.6 Å². The smallest absolute Gasteiger partial charge is 0.225 e. The molecule has 0 aliphatic carbocycles. The summed E-state index contributed by atoms with van der Waals surface area (Å²) in [5.41, 5.74) is 1.47. The summed E-state index contributed by atoms with van der Waals surface area (Å²) >= 11 is 5.85. The summed E-state index contributed by atoms with van der Waals surface area (Å²) in [6, 6.07) is 5.05. The molecule has 0 aliphatic heterocycles. The lowest BCUT2D eigenvalue weighted by molar-refractivity contribution is 0.597. The van der Waals surface area contributed by atoms with E-state index in [0.717, 1.165) is 5.56 Å². The average molecular weight is 240 g/mol. The number of aryl methyl sites for hydroxylation is 1. The minimum Gasteiger partial charge on any atom is -0.297 e. The van der Waals surface area contributed by atoms with Gasteiger partial charge in [-0.05, 0) is 42.6 Å². The molecule has 0 saturated heterocycles. The van der Waals surface area contributed by atoms with E-state index in [1.165, 1.54) is 12.4 Å². The van der Waals surface area contributed by atoms with Gasteiger partial charge in [0.2, 0.25) is 5.28 Å². The normalized spacial score (nSPS) is 12.8. The Morgan fingerprint density at radius 1 is 1.44 bits per heavy atom. The summed E-state index contributed by atoms with van der Waals surface area (Å²) in [6.07, 6.45) is 1.53. The molecule has 0 amide bonds. The monoisotopic (exact) mass is 239 g/mol. The molecule has 0 aliphatic rings. The van der Waals surface area contributed by atoms with Gasteiger partial charge in [-0.15, -0.1) is 10.2 Å². The van der Waals surface area contributed by atoms with Gasteiger partial charge >= 0.3 is 0 Å². The van der Waals surface area contributed by atoms with Crippen molar-refractivity contribution in [1.29, 1.82) is 0 Å². The standard InChI is InChI=1S/C11H11ClFN3/c1-7-3-4-9(5-10(7)13)8(2)16-6-14-15-11(16)12/h3-6,8H,1-2H3. The number of rotatable bonds is 2. The van der Waals surface area contributed by atoms with Crippen molar-refractivity contribution >= 4 is 11.6 Å². The topological polar surface area (TPSA) is 30.7 Å². The van der Waals surface area contributed by atoms with E-state index < -0.39 is 0 Å². The SMILES string of the molecule is Cc1ccc(C(C)n2cnnc2Cl)cc1F. The van der Waals surface area contributed by atoms with Gasteiger partial charge in [-0.2, -0.15) is 0 Å². The number of hydrogen-bond acceptors (Lipinski definition) is 2. The summed E-state index contributed by atoms with van der Waals surface area (Å²) in [7, 11) is 0. The van der Waals surface area contributed by atoms with Gasteiger partial charge in [0.15, 0.2) is 0 Å². The van der Waals surface area contributed by atoms with Crippen LogP contribution in [0, 0.1) is 12.7 Å². The van der Waals surface area contributed by atoms with Crippen LogP contribution < -0.4 is 0 Å². The van der Waals surface area contributed by atoms with E-state index in [9.17, 15) is 4.39 Å². The van der Waals surface area contributed by atoms with Crippen molar-refractivity contribution in [2.75, 3.05) is 0 Å². The number of halogens is 2. The van der Waals surface area contributed by atoms with Crippen molar-refractivity contribution in [2.45, 2.75) is 19.9 Å². The first-order valence-electron chi connectivity index (χ1n) is 4.90. The summed E-state index contributed by atoms with van der Waals surface area (Å²) in [5, 5.41) is 7.68. The number of hydrogen-bond donors (Lipinski definition) is 0. The number of benzene rings is 1. The molecule has 5 heteroatoms. The molecule has 1 aromatic heterocycles. The maximum atomic E-state index is 13.4. The van der Waals surface area contributed by atoms with Gasteiger partial charge in [-0.1, -0.05) is 12.1 Å². The zero-order valence-electron chi connectivity index (χ0n) is 8.98. The molecular weight excluding hydrogens is 229 g/mol. The highest BCUT2D eigenvalue weighted by molar-refractivity contribution is 6.28. The van der Waals surface area contributed by atoms with Crippen LogP contribution in [0.5, 0.6) is 0 Å². The first-order valence-corrected chi connectivity index (χ1v) is 5.28. The third-order valence-electron chi connectivity index (χ3n) is 2.62. The van der Waals surface area contributed by atoms with E-state index in [1.807, 2.05) is 13.0 Å². The highest BCUT2D eigenvalue weighted by Gasteiger charge is 2.12. The molecule has 1 unspecified atom stereocenters. The third kappa shape index (κ3) is 1.93. The second kappa shape index (κ2) is 4.22. The predicted molar refractivity (Wildman–Crippen MR) is 60.0 cm³/mol. The second-order valence-corrected chi connectivity index (χ2v) is 4.03. The molecule has 0 N–H and O–H groups in total. The number of nitrogens with zero attached hydrogens (tertiary/aromatic N) is 3. The van der Waals surface area contributed by atoms with Crippen molar-refractivity contribution in [3.05, 3.63) is 46.8 Å². The molecule has 0 radical (unpaired) electrons. The molecular formula is C11H11ClFN3. The zero-order valence-corrected chi connectivity index (χ0v) is 9.74. The fourth-order valence-electron chi connectivity index (χ4n) is 1.52.